The van der Waals surface area contributed by atoms with Crippen LogP contribution >= 0.6 is 23.2 Å². The number of hydrogen-bond acceptors (Lipinski definition) is 3. The van der Waals surface area contributed by atoms with Crippen LogP contribution in [0.15, 0.2) is 12.1 Å². The van der Waals surface area contributed by atoms with Gasteiger partial charge in [-0.3, -0.25) is 4.90 Å². The summed E-state index contributed by atoms with van der Waals surface area (Å²) >= 11 is 11.6. The Morgan fingerprint density at radius 1 is 1.43 bits per heavy atom. The Labute approximate surface area is 92.8 Å². The van der Waals surface area contributed by atoms with Crippen LogP contribution in [0.4, 0.5) is 0 Å². The standard InChI is InChI=1S/C9H11Cl2N3/c10-8-2-1-6(9(11)13-8)3-14-4-7(12)5-14/h1-2,7H,3-5,12H2. The van der Waals surface area contributed by atoms with Crippen LogP contribution in [0.2, 0.25) is 10.3 Å². The molecule has 1 aromatic rings. The van der Waals surface area contributed by atoms with Gasteiger partial charge in [-0.1, -0.05) is 29.3 Å². The van der Waals surface area contributed by atoms with Gasteiger partial charge in [0.2, 0.25) is 0 Å². The van der Waals surface area contributed by atoms with E-state index in [1.807, 2.05) is 6.07 Å². The largest absolute Gasteiger partial charge is 0.325 e. The average Bonchev–Trinajstić information content (AvgIpc) is 2.06. The monoisotopic (exact) mass is 231 g/mol. The molecular weight excluding hydrogens is 221 g/mol. The molecule has 0 unspecified atom stereocenters. The number of rotatable bonds is 2. The zero-order valence-electron chi connectivity index (χ0n) is 7.58. The molecule has 0 bridgehead atoms. The van der Waals surface area contributed by atoms with Crippen LogP contribution in [0, 0.1) is 0 Å². The summed E-state index contributed by atoms with van der Waals surface area (Å²) in [5.41, 5.74) is 6.68. The lowest BCUT2D eigenvalue weighted by molar-refractivity contribution is 0.142. The van der Waals surface area contributed by atoms with Gasteiger partial charge < -0.3 is 5.73 Å². The highest BCUT2D eigenvalue weighted by molar-refractivity contribution is 6.32. The smallest absolute Gasteiger partial charge is 0.135 e. The van der Waals surface area contributed by atoms with E-state index in [9.17, 15) is 0 Å². The average molecular weight is 232 g/mol. The van der Waals surface area contributed by atoms with Crippen molar-refractivity contribution >= 4 is 23.2 Å². The molecule has 0 aliphatic carbocycles. The molecule has 0 saturated carbocycles. The van der Waals surface area contributed by atoms with Crippen molar-refractivity contribution in [1.29, 1.82) is 0 Å². The molecule has 5 heteroatoms. The molecule has 1 saturated heterocycles. The zero-order valence-corrected chi connectivity index (χ0v) is 9.09. The van der Waals surface area contributed by atoms with Crippen molar-refractivity contribution in [3.8, 4) is 0 Å². The third-order valence-electron chi connectivity index (χ3n) is 2.27. The molecule has 2 N–H and O–H groups in total. The van der Waals surface area contributed by atoms with Crippen molar-refractivity contribution in [1.82, 2.24) is 9.88 Å². The summed E-state index contributed by atoms with van der Waals surface area (Å²) in [4.78, 5) is 6.20. The van der Waals surface area contributed by atoms with Crippen LogP contribution < -0.4 is 5.73 Å². The maximum Gasteiger partial charge on any atom is 0.135 e. The molecule has 1 aromatic heterocycles. The van der Waals surface area contributed by atoms with Gasteiger partial charge in [0.25, 0.3) is 0 Å². The maximum absolute atomic E-state index is 5.94. The quantitative estimate of drug-likeness (QED) is 0.786. The molecule has 2 heterocycles. The van der Waals surface area contributed by atoms with Crippen LogP contribution in [0.25, 0.3) is 0 Å². The van der Waals surface area contributed by atoms with Gasteiger partial charge in [-0.15, -0.1) is 0 Å². The lowest BCUT2D eigenvalue weighted by Crippen LogP contribution is -2.54. The molecular formula is C9H11Cl2N3. The van der Waals surface area contributed by atoms with Gasteiger partial charge in [0.15, 0.2) is 0 Å². The third-order valence-corrected chi connectivity index (χ3v) is 2.81. The second-order valence-corrected chi connectivity index (χ2v) is 4.28. The summed E-state index contributed by atoms with van der Waals surface area (Å²) in [6.45, 7) is 2.66. The molecule has 3 nitrogen and oxygen atoms in total. The molecule has 0 spiro atoms. The van der Waals surface area contributed by atoms with Crippen LogP contribution in [0.1, 0.15) is 5.56 Å². The molecule has 1 aliphatic rings. The fourth-order valence-electron chi connectivity index (χ4n) is 1.54. The predicted octanol–water partition coefficient (Wildman–Crippen LogP) is 1.53. The molecule has 0 aromatic carbocycles. The molecule has 14 heavy (non-hydrogen) atoms. The van der Waals surface area contributed by atoms with Crippen LogP contribution in [-0.2, 0) is 6.54 Å². The number of pyridine rings is 1. The van der Waals surface area contributed by atoms with Gasteiger partial charge in [0.1, 0.15) is 10.3 Å². The van der Waals surface area contributed by atoms with Gasteiger partial charge in [0.05, 0.1) is 0 Å². The molecule has 0 amide bonds. The number of aromatic nitrogens is 1. The highest BCUT2D eigenvalue weighted by Gasteiger charge is 2.23. The highest BCUT2D eigenvalue weighted by Crippen LogP contribution is 2.20. The Morgan fingerprint density at radius 3 is 2.71 bits per heavy atom. The van der Waals surface area contributed by atoms with E-state index in [2.05, 4.69) is 9.88 Å². The van der Waals surface area contributed by atoms with E-state index in [4.69, 9.17) is 28.9 Å². The van der Waals surface area contributed by atoms with E-state index in [1.54, 1.807) is 6.07 Å². The fraction of sp³-hybridized carbons (Fsp3) is 0.444. The minimum absolute atomic E-state index is 0.314. The molecule has 1 fully saturated rings. The number of hydrogen-bond donors (Lipinski definition) is 1. The molecule has 76 valence electrons. The van der Waals surface area contributed by atoms with E-state index in [-0.39, 0.29) is 0 Å². The first-order chi connectivity index (χ1) is 6.65. The summed E-state index contributed by atoms with van der Waals surface area (Å²) in [5, 5.41) is 0.914. The minimum atomic E-state index is 0.314. The van der Waals surface area contributed by atoms with Gasteiger partial charge in [-0.25, -0.2) is 4.98 Å². The van der Waals surface area contributed by atoms with Crippen molar-refractivity contribution in [3.63, 3.8) is 0 Å². The molecule has 1 aliphatic heterocycles. The Balaban J connectivity index is 2.02. The first-order valence-electron chi connectivity index (χ1n) is 4.44. The molecule has 2 rings (SSSR count). The summed E-state index contributed by atoms with van der Waals surface area (Å²) in [5.74, 6) is 0. The lowest BCUT2D eigenvalue weighted by atomic mass is 10.1. The van der Waals surface area contributed by atoms with Gasteiger partial charge >= 0.3 is 0 Å². The highest BCUT2D eigenvalue weighted by atomic mass is 35.5. The number of likely N-dealkylation sites (tertiary alicyclic amines) is 1. The predicted molar refractivity (Wildman–Crippen MR) is 57.5 cm³/mol. The van der Waals surface area contributed by atoms with Gasteiger partial charge in [0, 0.05) is 31.2 Å². The van der Waals surface area contributed by atoms with Crippen LogP contribution in [0.3, 0.4) is 0 Å². The van der Waals surface area contributed by atoms with Crippen LogP contribution in [-0.4, -0.2) is 29.0 Å². The Bertz CT molecular complexity index is 337. The minimum Gasteiger partial charge on any atom is -0.325 e. The molecule has 0 atom stereocenters. The first kappa shape index (κ1) is 10.2. The van der Waals surface area contributed by atoms with Crippen molar-refractivity contribution < 1.29 is 0 Å². The summed E-state index contributed by atoms with van der Waals surface area (Å²) in [6.07, 6.45) is 0. The van der Waals surface area contributed by atoms with Crippen molar-refractivity contribution in [2.24, 2.45) is 5.73 Å². The Hall–Kier alpha value is -0.350. The van der Waals surface area contributed by atoms with Crippen molar-refractivity contribution in [2.45, 2.75) is 12.6 Å². The number of nitrogens with two attached hydrogens (primary N) is 1. The van der Waals surface area contributed by atoms with E-state index >= 15 is 0 Å². The lowest BCUT2D eigenvalue weighted by Gasteiger charge is -2.36. The number of halogens is 2. The topological polar surface area (TPSA) is 42.1 Å². The van der Waals surface area contributed by atoms with Gasteiger partial charge in [-0.2, -0.15) is 0 Å². The van der Waals surface area contributed by atoms with Crippen molar-refractivity contribution in [2.75, 3.05) is 13.1 Å². The van der Waals surface area contributed by atoms with Gasteiger partial charge in [-0.05, 0) is 6.07 Å². The normalized spacial score (nSPS) is 18.2. The molecule has 0 radical (unpaired) electrons. The second kappa shape index (κ2) is 4.03. The zero-order chi connectivity index (χ0) is 10.1. The Morgan fingerprint density at radius 2 is 2.14 bits per heavy atom. The second-order valence-electron chi connectivity index (χ2n) is 3.54. The van der Waals surface area contributed by atoms with E-state index in [0.717, 1.165) is 25.2 Å². The summed E-state index contributed by atoms with van der Waals surface area (Å²) in [7, 11) is 0. The van der Waals surface area contributed by atoms with E-state index in [1.165, 1.54) is 0 Å². The van der Waals surface area contributed by atoms with Crippen molar-refractivity contribution in [3.05, 3.63) is 28.0 Å². The maximum atomic E-state index is 5.94. The van der Waals surface area contributed by atoms with Crippen LogP contribution in [0.5, 0.6) is 0 Å². The SMILES string of the molecule is NC1CN(Cc2ccc(Cl)nc2Cl)C1. The fourth-order valence-corrected chi connectivity index (χ4v) is 1.94. The van der Waals surface area contributed by atoms with E-state index < -0.39 is 0 Å². The number of nitrogens with zero attached hydrogens (tertiary/aromatic N) is 2. The first-order valence-corrected chi connectivity index (χ1v) is 5.19. The summed E-state index contributed by atoms with van der Waals surface area (Å²) in [6, 6.07) is 3.97. The summed E-state index contributed by atoms with van der Waals surface area (Å²) < 4.78 is 0. The Kier molecular flexibility index (Phi) is 2.93. The third kappa shape index (κ3) is 2.17. The van der Waals surface area contributed by atoms with E-state index in [0.29, 0.717) is 16.3 Å².